The number of methoxy groups -OCH3 is 2. The van der Waals surface area contributed by atoms with Crippen molar-refractivity contribution >= 4 is 23.2 Å². The molecule has 0 radical (unpaired) electrons. The van der Waals surface area contributed by atoms with Gasteiger partial charge >= 0.3 is 0 Å². The topological polar surface area (TPSA) is 138 Å². The number of hydrazone groups is 2. The van der Waals surface area contributed by atoms with Gasteiger partial charge in [-0.25, -0.2) is 10.9 Å². The molecule has 0 spiro atoms. The number of carbonyl (C=O) groups excluding carboxylic acids is 2. The molecule has 0 bridgehead atoms. The number of nitrogens with zero attached hydrogens (tertiary/aromatic N) is 2. The highest BCUT2D eigenvalue weighted by Crippen LogP contribution is 2.23. The first-order valence-corrected chi connectivity index (χ1v) is 15.1. The largest absolute Gasteiger partial charge is 0.497 e. The van der Waals surface area contributed by atoms with E-state index in [1.807, 2.05) is 24.3 Å². The van der Waals surface area contributed by atoms with E-state index in [1.54, 1.807) is 101 Å². The van der Waals surface area contributed by atoms with Crippen molar-refractivity contribution in [1.29, 1.82) is 0 Å². The normalized spacial score (nSPS) is 16.4. The number of amides is 2. The fourth-order valence-corrected chi connectivity index (χ4v) is 4.49. The van der Waals surface area contributed by atoms with Gasteiger partial charge in [-0.2, -0.15) is 10.2 Å². The van der Waals surface area contributed by atoms with E-state index in [4.69, 9.17) is 28.4 Å². The van der Waals surface area contributed by atoms with E-state index in [-0.39, 0.29) is 11.8 Å². The number of nitrogens with one attached hydrogen (secondary N) is 2. The minimum absolute atomic E-state index is 0.329. The third kappa shape index (κ3) is 8.96. The summed E-state index contributed by atoms with van der Waals surface area (Å²) < 4.78 is 34.0. The third-order valence-corrected chi connectivity index (χ3v) is 7.27. The van der Waals surface area contributed by atoms with E-state index in [1.165, 1.54) is 0 Å². The molecule has 5 rings (SSSR count). The van der Waals surface area contributed by atoms with Crippen LogP contribution in [0.15, 0.2) is 107 Å². The maximum atomic E-state index is 12.4. The first-order chi connectivity index (χ1) is 23.3. The van der Waals surface area contributed by atoms with Crippen LogP contribution in [0.25, 0.3) is 0 Å². The molecule has 12 nitrogen and oxygen atoms in total. The van der Waals surface area contributed by atoms with E-state index >= 15 is 0 Å². The lowest BCUT2D eigenvalue weighted by Crippen LogP contribution is -2.45. The average Bonchev–Trinajstić information content (AvgIpc) is 3.14. The highest BCUT2D eigenvalue weighted by molar-refractivity contribution is 6.01. The molecule has 12 heteroatoms. The lowest BCUT2D eigenvalue weighted by atomic mass is 10.1. The van der Waals surface area contributed by atoms with Crippen molar-refractivity contribution in [2.45, 2.75) is 26.4 Å². The quantitative estimate of drug-likeness (QED) is 0.158. The van der Waals surface area contributed by atoms with Crippen molar-refractivity contribution in [3.8, 4) is 23.0 Å². The molecule has 1 saturated heterocycles. The number of carbonyl (C=O) groups is 2. The Hall–Kier alpha value is -5.72. The van der Waals surface area contributed by atoms with Gasteiger partial charge in [0.1, 0.15) is 23.0 Å². The van der Waals surface area contributed by atoms with Crippen LogP contribution in [-0.4, -0.2) is 63.3 Å². The van der Waals surface area contributed by atoms with Crippen molar-refractivity contribution < 1.29 is 38.0 Å². The molecule has 2 amide bonds. The van der Waals surface area contributed by atoms with Gasteiger partial charge < -0.3 is 28.4 Å². The SMILES string of the molecule is COc1ccc(C(=O)N/N=C(/C)c2ccc(OC3OCCOC3Oc3ccc(/C(C)=N/NC(=O)c4ccc(OC)cc4)cc3)cc2)cc1. The van der Waals surface area contributed by atoms with Crippen molar-refractivity contribution in [3.05, 3.63) is 119 Å². The number of rotatable bonds is 12. The summed E-state index contributed by atoms with van der Waals surface area (Å²) in [5.41, 5.74) is 8.90. The van der Waals surface area contributed by atoms with Crippen LogP contribution in [0.3, 0.4) is 0 Å². The molecule has 1 aliphatic rings. The maximum absolute atomic E-state index is 12.4. The van der Waals surface area contributed by atoms with E-state index in [0.29, 0.717) is 58.8 Å². The molecule has 0 saturated carbocycles. The second-order valence-corrected chi connectivity index (χ2v) is 10.5. The van der Waals surface area contributed by atoms with Gasteiger partial charge in [0.15, 0.2) is 0 Å². The van der Waals surface area contributed by atoms with Gasteiger partial charge in [0.2, 0.25) is 0 Å². The number of hydrogen-bond acceptors (Lipinski definition) is 10. The monoisotopic (exact) mass is 652 g/mol. The summed E-state index contributed by atoms with van der Waals surface area (Å²) in [6.45, 7) is 4.28. The fraction of sp³-hybridized carbons (Fsp3) is 0.222. The van der Waals surface area contributed by atoms with Gasteiger partial charge in [0.05, 0.1) is 38.9 Å². The number of ether oxygens (including phenoxy) is 6. The lowest BCUT2D eigenvalue weighted by Gasteiger charge is -2.31. The van der Waals surface area contributed by atoms with Crippen LogP contribution >= 0.6 is 0 Å². The van der Waals surface area contributed by atoms with Crippen molar-refractivity contribution in [1.82, 2.24) is 10.9 Å². The van der Waals surface area contributed by atoms with Gasteiger partial charge in [-0.05, 0) is 122 Å². The molecule has 2 unspecified atom stereocenters. The van der Waals surface area contributed by atoms with E-state index in [2.05, 4.69) is 21.1 Å². The summed E-state index contributed by atoms with van der Waals surface area (Å²) in [4.78, 5) is 24.9. The predicted octanol–water partition coefficient (Wildman–Crippen LogP) is 5.17. The molecule has 4 aromatic carbocycles. The van der Waals surface area contributed by atoms with Crippen molar-refractivity contribution in [2.75, 3.05) is 27.4 Å². The molecule has 1 fully saturated rings. The zero-order valence-corrected chi connectivity index (χ0v) is 27.0. The van der Waals surface area contributed by atoms with E-state index in [9.17, 15) is 9.59 Å². The summed E-state index contributed by atoms with van der Waals surface area (Å²) in [5.74, 6) is 1.75. The van der Waals surface area contributed by atoms with Gasteiger partial charge in [0.25, 0.3) is 24.4 Å². The van der Waals surface area contributed by atoms with Crippen LogP contribution in [0.1, 0.15) is 45.7 Å². The fourth-order valence-electron chi connectivity index (χ4n) is 4.49. The van der Waals surface area contributed by atoms with Gasteiger partial charge in [-0.1, -0.05) is 0 Å². The Morgan fingerprint density at radius 1 is 0.542 bits per heavy atom. The lowest BCUT2D eigenvalue weighted by molar-refractivity contribution is -0.271. The molecule has 0 aromatic heterocycles. The Labute approximate surface area is 278 Å². The second-order valence-electron chi connectivity index (χ2n) is 10.5. The molecule has 1 aliphatic heterocycles. The number of benzene rings is 4. The van der Waals surface area contributed by atoms with Crippen LogP contribution in [0.5, 0.6) is 23.0 Å². The molecule has 4 aromatic rings. The van der Waals surface area contributed by atoms with Crippen LogP contribution in [-0.2, 0) is 9.47 Å². The van der Waals surface area contributed by atoms with Crippen LogP contribution in [0.4, 0.5) is 0 Å². The highest BCUT2D eigenvalue weighted by atomic mass is 16.8. The summed E-state index contributed by atoms with van der Waals surface area (Å²) in [6.07, 6.45) is -1.64. The molecule has 48 heavy (non-hydrogen) atoms. The van der Waals surface area contributed by atoms with Gasteiger partial charge in [-0.3, -0.25) is 9.59 Å². The Balaban J connectivity index is 1.14. The van der Waals surface area contributed by atoms with Gasteiger partial charge in [-0.15, -0.1) is 0 Å². The summed E-state index contributed by atoms with van der Waals surface area (Å²) >= 11 is 0. The summed E-state index contributed by atoms with van der Waals surface area (Å²) in [7, 11) is 3.13. The van der Waals surface area contributed by atoms with Crippen LogP contribution < -0.4 is 29.8 Å². The third-order valence-electron chi connectivity index (χ3n) is 7.27. The molecule has 0 aliphatic carbocycles. The number of hydrogen-bond donors (Lipinski definition) is 2. The Morgan fingerprint density at radius 3 is 1.19 bits per heavy atom. The second kappa shape index (κ2) is 16.2. The van der Waals surface area contributed by atoms with E-state index in [0.717, 1.165) is 11.1 Å². The Kier molecular flexibility index (Phi) is 11.4. The van der Waals surface area contributed by atoms with E-state index < -0.39 is 12.6 Å². The first-order valence-electron chi connectivity index (χ1n) is 15.1. The zero-order valence-electron chi connectivity index (χ0n) is 27.0. The zero-order chi connectivity index (χ0) is 33.9. The summed E-state index contributed by atoms with van der Waals surface area (Å²) in [6, 6.07) is 27.9. The minimum atomic E-state index is -0.820. The molecule has 2 N–H and O–H groups in total. The van der Waals surface area contributed by atoms with Crippen molar-refractivity contribution in [2.24, 2.45) is 10.2 Å². The van der Waals surface area contributed by atoms with Crippen LogP contribution in [0, 0.1) is 0 Å². The average molecular weight is 653 g/mol. The van der Waals surface area contributed by atoms with Gasteiger partial charge in [0, 0.05) is 11.1 Å². The van der Waals surface area contributed by atoms with Crippen molar-refractivity contribution in [3.63, 3.8) is 0 Å². The first kappa shape index (κ1) is 33.6. The standard InChI is InChI=1S/C36H36N4O8/c1-23(37-39-33(41)27-9-13-29(43-3)14-10-27)25-5-17-31(18-6-25)47-35-36(46-22-21-45-35)48-32-19-7-26(8-20-32)24(2)38-40-34(42)28-11-15-30(44-4)16-12-28/h5-20,35-36H,21-22H2,1-4H3,(H,39,41)(H,40,42)/b37-23-,38-24+. The maximum Gasteiger partial charge on any atom is 0.271 e. The predicted molar refractivity (Wildman–Crippen MR) is 179 cm³/mol. The Morgan fingerprint density at radius 2 is 0.854 bits per heavy atom. The highest BCUT2D eigenvalue weighted by Gasteiger charge is 2.31. The Bertz CT molecular complexity index is 1610. The summed E-state index contributed by atoms with van der Waals surface area (Å²) in [5, 5.41) is 8.44. The smallest absolute Gasteiger partial charge is 0.271 e. The molecule has 2 atom stereocenters. The molecule has 1 heterocycles. The molecular formula is C36H36N4O8. The molecular weight excluding hydrogens is 616 g/mol. The van der Waals surface area contributed by atoms with Crippen LogP contribution in [0.2, 0.25) is 0 Å². The molecule has 248 valence electrons. The minimum Gasteiger partial charge on any atom is -0.497 e.